The molecule has 39 heavy (non-hydrogen) atoms. The lowest BCUT2D eigenvalue weighted by Crippen LogP contribution is -2.49. The number of rotatable bonds is 9. The summed E-state index contributed by atoms with van der Waals surface area (Å²) < 4.78 is 0. The van der Waals surface area contributed by atoms with E-state index in [2.05, 4.69) is 33.2 Å². The molecule has 1 aliphatic heterocycles. The Balaban J connectivity index is 1.54. The van der Waals surface area contributed by atoms with Gasteiger partial charge in [0.15, 0.2) is 0 Å². The molecule has 8 nitrogen and oxygen atoms in total. The van der Waals surface area contributed by atoms with Crippen molar-refractivity contribution in [2.45, 2.75) is 50.9 Å². The highest BCUT2D eigenvalue weighted by Gasteiger charge is 2.48. The lowest BCUT2D eigenvalue weighted by Gasteiger charge is -2.42. The number of hydrogen-bond acceptors (Lipinski definition) is 7. The van der Waals surface area contributed by atoms with E-state index in [4.69, 9.17) is 0 Å². The number of piperidine rings is 1. The van der Waals surface area contributed by atoms with Crippen LogP contribution in [0.3, 0.4) is 0 Å². The summed E-state index contributed by atoms with van der Waals surface area (Å²) in [4.78, 5) is 23.4. The molecular formula is C31H33N5O3. The quantitative estimate of drug-likeness (QED) is 0.164. The van der Waals surface area contributed by atoms with Gasteiger partial charge in [0.2, 0.25) is 6.04 Å². The largest absolute Gasteiger partial charge is 0.506 e. The number of nitrogens with one attached hydrogen (secondary N) is 1. The van der Waals surface area contributed by atoms with Gasteiger partial charge in [0, 0.05) is 49.3 Å². The first kappa shape index (κ1) is 26.3. The molecule has 2 aromatic heterocycles. The summed E-state index contributed by atoms with van der Waals surface area (Å²) in [6.45, 7) is 3.81. The van der Waals surface area contributed by atoms with Gasteiger partial charge in [0.25, 0.3) is 0 Å². The van der Waals surface area contributed by atoms with Crippen LogP contribution in [0.2, 0.25) is 0 Å². The van der Waals surface area contributed by atoms with Crippen LogP contribution in [0.15, 0.2) is 91.5 Å². The summed E-state index contributed by atoms with van der Waals surface area (Å²) in [6.07, 6.45) is 8.53. The maximum atomic E-state index is 12.9. The van der Waals surface area contributed by atoms with E-state index in [0.29, 0.717) is 31.7 Å². The van der Waals surface area contributed by atoms with Crippen LogP contribution in [0.1, 0.15) is 53.1 Å². The lowest BCUT2D eigenvalue weighted by atomic mass is 9.76. The topological polar surface area (TPSA) is 104 Å². The highest BCUT2D eigenvalue weighted by Crippen LogP contribution is 2.44. The first-order chi connectivity index (χ1) is 19.0. The third-order valence-corrected chi connectivity index (χ3v) is 7.61. The van der Waals surface area contributed by atoms with E-state index < -0.39 is 12.1 Å². The molecular weight excluding hydrogens is 490 g/mol. The van der Waals surface area contributed by atoms with Crippen molar-refractivity contribution in [2.24, 2.45) is 0 Å². The van der Waals surface area contributed by atoms with Crippen LogP contribution < -0.4 is 5.32 Å². The molecule has 0 amide bonds. The maximum Gasteiger partial charge on any atom is 0.239 e. The number of hydrogen-bond donors (Lipinski definition) is 2. The fraction of sp³-hybridized carbons (Fsp3) is 0.290. The number of phenolic OH excluding ortho intramolecular Hbond substituents is 1. The number of aryl methyl sites for hydroxylation is 1. The van der Waals surface area contributed by atoms with Crippen molar-refractivity contribution < 1.29 is 10.0 Å². The number of pyridine rings is 2. The molecule has 2 N–H and O–H groups in total. The van der Waals surface area contributed by atoms with E-state index in [-0.39, 0.29) is 16.6 Å². The van der Waals surface area contributed by atoms with Crippen molar-refractivity contribution >= 4 is 5.69 Å². The van der Waals surface area contributed by atoms with E-state index in [1.165, 1.54) is 0 Å². The molecule has 1 fully saturated rings. The molecule has 3 atom stereocenters. The smallest absolute Gasteiger partial charge is 0.239 e. The standard InChI is InChI=1S/C31H33N5O3/c1-2-24-9-3-4-10-26(24)27-13-16-35(21-23-8-6-15-33-19-23)30(31(27)36(38)39)25-11-12-29(37)28(17-25)34-20-22-7-5-14-32-18-22/h3-12,14-15,17-19,27,30-31,34,37H,2,13,16,20-21H2,1H3/t27-,30+,31-/m0/s1. The van der Waals surface area contributed by atoms with Crippen molar-refractivity contribution in [3.05, 3.63) is 129 Å². The normalized spacial score (nSPS) is 19.5. The van der Waals surface area contributed by atoms with E-state index >= 15 is 0 Å². The van der Waals surface area contributed by atoms with Gasteiger partial charge < -0.3 is 10.4 Å². The zero-order chi connectivity index (χ0) is 27.2. The molecule has 0 radical (unpaired) electrons. The summed E-state index contributed by atoms with van der Waals surface area (Å²) in [7, 11) is 0. The Hall–Kier alpha value is -4.30. The van der Waals surface area contributed by atoms with Crippen molar-refractivity contribution in [3.8, 4) is 5.75 Å². The number of likely N-dealkylation sites (tertiary alicyclic amines) is 1. The van der Waals surface area contributed by atoms with E-state index in [0.717, 1.165) is 34.2 Å². The molecule has 1 saturated heterocycles. The van der Waals surface area contributed by atoms with E-state index in [9.17, 15) is 15.2 Å². The fourth-order valence-corrected chi connectivity index (χ4v) is 5.76. The minimum Gasteiger partial charge on any atom is -0.506 e. The first-order valence-corrected chi connectivity index (χ1v) is 13.3. The van der Waals surface area contributed by atoms with Crippen molar-refractivity contribution in [3.63, 3.8) is 0 Å². The van der Waals surface area contributed by atoms with Gasteiger partial charge in [0.1, 0.15) is 11.8 Å². The molecule has 5 rings (SSSR count). The number of benzene rings is 2. The number of nitro groups is 1. The van der Waals surface area contributed by atoms with Gasteiger partial charge in [-0.2, -0.15) is 0 Å². The molecule has 1 aliphatic rings. The van der Waals surface area contributed by atoms with Crippen LogP contribution in [0.25, 0.3) is 0 Å². The van der Waals surface area contributed by atoms with Gasteiger partial charge in [-0.3, -0.25) is 25.0 Å². The van der Waals surface area contributed by atoms with Crippen LogP contribution in [0, 0.1) is 10.1 Å². The number of anilines is 1. The summed E-state index contributed by atoms with van der Waals surface area (Å²) in [6, 6.07) is 19.7. The second-order valence-electron chi connectivity index (χ2n) is 9.99. The van der Waals surface area contributed by atoms with Crippen LogP contribution in [-0.2, 0) is 19.5 Å². The van der Waals surface area contributed by atoms with Gasteiger partial charge in [-0.1, -0.05) is 49.4 Å². The van der Waals surface area contributed by atoms with Gasteiger partial charge in [-0.05, 0) is 64.9 Å². The van der Waals surface area contributed by atoms with Crippen LogP contribution >= 0.6 is 0 Å². The molecule has 0 spiro atoms. The predicted octanol–water partition coefficient (Wildman–Crippen LogP) is 5.73. The minimum atomic E-state index is -0.862. The minimum absolute atomic E-state index is 0.0998. The van der Waals surface area contributed by atoms with Gasteiger partial charge in [-0.15, -0.1) is 0 Å². The van der Waals surface area contributed by atoms with Crippen LogP contribution in [0.5, 0.6) is 5.75 Å². The molecule has 0 saturated carbocycles. The Labute approximate surface area is 228 Å². The van der Waals surface area contributed by atoms with Crippen LogP contribution in [0.4, 0.5) is 5.69 Å². The summed E-state index contributed by atoms with van der Waals surface area (Å²) in [5.74, 6) is -0.130. The molecule has 0 bridgehead atoms. The van der Waals surface area contributed by atoms with E-state index in [1.807, 2.05) is 60.8 Å². The molecule has 4 aromatic rings. The summed E-state index contributed by atoms with van der Waals surface area (Å²) in [5.41, 5.74) is 5.52. The number of aromatic hydroxyl groups is 1. The summed E-state index contributed by atoms with van der Waals surface area (Å²) in [5, 5.41) is 26.8. The second kappa shape index (κ2) is 12.0. The average Bonchev–Trinajstić information content (AvgIpc) is 2.97. The van der Waals surface area contributed by atoms with Gasteiger partial charge in [-0.25, -0.2) is 0 Å². The molecule has 200 valence electrons. The number of aromatic nitrogens is 2. The zero-order valence-corrected chi connectivity index (χ0v) is 22.0. The fourth-order valence-electron chi connectivity index (χ4n) is 5.76. The predicted molar refractivity (Wildman–Crippen MR) is 151 cm³/mol. The monoisotopic (exact) mass is 523 g/mol. The average molecular weight is 524 g/mol. The third kappa shape index (κ3) is 5.91. The Kier molecular flexibility index (Phi) is 8.13. The summed E-state index contributed by atoms with van der Waals surface area (Å²) >= 11 is 0. The number of phenols is 1. The zero-order valence-electron chi connectivity index (χ0n) is 22.0. The van der Waals surface area contributed by atoms with Crippen molar-refractivity contribution in [1.29, 1.82) is 0 Å². The SMILES string of the molecule is CCc1ccccc1[C@@H]1CCN(Cc2cccnc2)[C@H](c2ccc(O)c(NCc3cccnc3)c2)[C@H]1[N+](=O)[O-]. The third-order valence-electron chi connectivity index (χ3n) is 7.61. The van der Waals surface area contributed by atoms with Crippen molar-refractivity contribution in [1.82, 2.24) is 14.9 Å². The Morgan fingerprint density at radius 3 is 2.46 bits per heavy atom. The highest BCUT2D eigenvalue weighted by molar-refractivity contribution is 5.58. The Bertz CT molecular complexity index is 1400. The number of nitrogens with zero attached hydrogens (tertiary/aromatic N) is 4. The lowest BCUT2D eigenvalue weighted by molar-refractivity contribution is -0.540. The second-order valence-corrected chi connectivity index (χ2v) is 9.99. The molecule has 0 unspecified atom stereocenters. The van der Waals surface area contributed by atoms with E-state index in [1.54, 1.807) is 24.7 Å². The van der Waals surface area contributed by atoms with Gasteiger partial charge >= 0.3 is 0 Å². The van der Waals surface area contributed by atoms with Crippen LogP contribution in [-0.4, -0.2) is 37.5 Å². The molecule has 8 heteroatoms. The highest BCUT2D eigenvalue weighted by atomic mass is 16.6. The molecule has 0 aliphatic carbocycles. The first-order valence-electron chi connectivity index (χ1n) is 13.3. The maximum absolute atomic E-state index is 12.9. The van der Waals surface area contributed by atoms with Crippen molar-refractivity contribution in [2.75, 3.05) is 11.9 Å². The Morgan fingerprint density at radius 1 is 1.03 bits per heavy atom. The molecule has 2 aromatic carbocycles. The van der Waals surface area contributed by atoms with Gasteiger partial charge in [0.05, 0.1) is 11.6 Å². The molecule has 3 heterocycles. The Morgan fingerprint density at radius 2 is 1.77 bits per heavy atom.